The van der Waals surface area contributed by atoms with Crippen LogP contribution in [0.2, 0.25) is 0 Å². The van der Waals surface area contributed by atoms with E-state index in [1.54, 1.807) is 6.07 Å². The van der Waals surface area contributed by atoms with E-state index in [9.17, 15) is 14.7 Å². The van der Waals surface area contributed by atoms with E-state index in [1.165, 1.54) is 37.7 Å². The van der Waals surface area contributed by atoms with Gasteiger partial charge in [-0.05, 0) is 40.8 Å². The van der Waals surface area contributed by atoms with Gasteiger partial charge in [0.2, 0.25) is 0 Å². The number of carbonyl (C=O) groups is 2. The molecule has 1 aliphatic carbocycles. The summed E-state index contributed by atoms with van der Waals surface area (Å²) in [5, 5.41) is 9.29. The minimum Gasteiger partial charge on any atom is -0.477 e. The van der Waals surface area contributed by atoms with Gasteiger partial charge in [0.15, 0.2) is 0 Å². The summed E-state index contributed by atoms with van der Waals surface area (Å²) in [6.45, 7) is 0.0795. The van der Waals surface area contributed by atoms with Crippen LogP contribution in [0.25, 0.3) is 10.2 Å². The van der Waals surface area contributed by atoms with Crippen LogP contribution >= 0.6 is 27.3 Å². The monoisotopic (exact) mass is 399 g/mol. The Bertz CT molecular complexity index is 758. The highest BCUT2D eigenvalue weighted by Crippen LogP contribution is 2.45. The number of halogens is 1. The first kappa shape index (κ1) is 16.5. The molecule has 3 rings (SSSR count). The standard InChI is InChI=1S/C16H18BrNO4S/c1-22-12(19)8-18-10-7-11(16(20)21)23-14(10)13(15(18)17)9-5-3-2-4-6-9/h7,9H,2-6,8H2,1H3,(H,20,21). The molecule has 23 heavy (non-hydrogen) atoms. The molecular weight excluding hydrogens is 382 g/mol. The Morgan fingerprint density at radius 1 is 1.39 bits per heavy atom. The number of rotatable bonds is 4. The van der Waals surface area contributed by atoms with Crippen LogP contribution in [0.5, 0.6) is 0 Å². The molecule has 5 nitrogen and oxygen atoms in total. The molecule has 2 aromatic heterocycles. The third kappa shape index (κ3) is 3.04. The van der Waals surface area contributed by atoms with Crippen molar-refractivity contribution in [2.45, 2.75) is 44.6 Å². The maximum Gasteiger partial charge on any atom is 0.345 e. The van der Waals surface area contributed by atoms with Crippen LogP contribution in [-0.2, 0) is 16.1 Å². The van der Waals surface area contributed by atoms with Gasteiger partial charge in [-0.25, -0.2) is 4.79 Å². The molecule has 2 aromatic rings. The predicted octanol–water partition coefficient (Wildman–Crippen LogP) is 4.38. The van der Waals surface area contributed by atoms with E-state index >= 15 is 0 Å². The Morgan fingerprint density at radius 3 is 2.70 bits per heavy atom. The van der Waals surface area contributed by atoms with E-state index in [-0.39, 0.29) is 12.5 Å². The van der Waals surface area contributed by atoms with Gasteiger partial charge in [0.05, 0.1) is 21.9 Å². The molecule has 1 fully saturated rings. The van der Waals surface area contributed by atoms with Crippen LogP contribution in [0.3, 0.4) is 0 Å². The Morgan fingerprint density at radius 2 is 2.09 bits per heavy atom. The number of thiophene rings is 1. The van der Waals surface area contributed by atoms with Gasteiger partial charge >= 0.3 is 11.9 Å². The Hall–Kier alpha value is -1.34. The normalized spacial score (nSPS) is 15.9. The van der Waals surface area contributed by atoms with Gasteiger partial charge in [-0.2, -0.15) is 0 Å². The number of carbonyl (C=O) groups excluding carboxylic acids is 1. The quantitative estimate of drug-likeness (QED) is 0.774. The second-order valence-corrected chi connectivity index (χ2v) is 7.64. The number of carboxylic acid groups (broad SMARTS) is 1. The van der Waals surface area contributed by atoms with Gasteiger partial charge in [0.25, 0.3) is 0 Å². The molecule has 0 atom stereocenters. The molecule has 0 saturated heterocycles. The fourth-order valence-corrected chi connectivity index (χ4v) is 5.41. The van der Waals surface area contributed by atoms with Gasteiger partial charge in [0, 0.05) is 5.56 Å². The van der Waals surface area contributed by atoms with Gasteiger partial charge in [-0.15, -0.1) is 11.3 Å². The molecule has 124 valence electrons. The highest BCUT2D eigenvalue weighted by Gasteiger charge is 2.27. The molecule has 2 heterocycles. The summed E-state index contributed by atoms with van der Waals surface area (Å²) < 4.78 is 8.46. The van der Waals surface area contributed by atoms with Crippen LogP contribution in [-0.4, -0.2) is 28.7 Å². The van der Waals surface area contributed by atoms with Crippen LogP contribution in [0.1, 0.15) is 53.3 Å². The zero-order chi connectivity index (χ0) is 16.6. The van der Waals surface area contributed by atoms with Crippen molar-refractivity contribution in [1.29, 1.82) is 0 Å². The number of carboxylic acids is 1. The van der Waals surface area contributed by atoms with Crippen molar-refractivity contribution in [3.8, 4) is 0 Å². The van der Waals surface area contributed by atoms with Crippen LogP contribution in [0.15, 0.2) is 10.7 Å². The summed E-state index contributed by atoms with van der Waals surface area (Å²) in [6.07, 6.45) is 5.85. The lowest BCUT2D eigenvalue weighted by Crippen LogP contribution is -2.12. The largest absolute Gasteiger partial charge is 0.477 e. The highest BCUT2D eigenvalue weighted by molar-refractivity contribution is 9.10. The molecule has 0 aromatic carbocycles. The molecule has 1 saturated carbocycles. The van der Waals surface area contributed by atoms with Crippen molar-refractivity contribution < 1.29 is 19.4 Å². The summed E-state index contributed by atoms with van der Waals surface area (Å²) >= 11 is 4.94. The van der Waals surface area contributed by atoms with E-state index in [1.807, 2.05) is 4.57 Å². The second-order valence-electron chi connectivity index (χ2n) is 5.83. The number of methoxy groups -OCH3 is 1. The van der Waals surface area contributed by atoms with Crippen molar-refractivity contribution in [1.82, 2.24) is 4.57 Å². The SMILES string of the molecule is COC(=O)Cn1c(Br)c(C2CCCCC2)c2sc(C(=O)O)cc21. The first-order valence-corrected chi connectivity index (χ1v) is 9.25. The number of hydrogen-bond donors (Lipinski definition) is 1. The predicted molar refractivity (Wildman–Crippen MR) is 92.3 cm³/mol. The second kappa shape index (κ2) is 6.65. The molecule has 0 aliphatic heterocycles. The minimum atomic E-state index is -0.929. The van der Waals surface area contributed by atoms with Gasteiger partial charge in [0.1, 0.15) is 11.4 Å². The average Bonchev–Trinajstić information content (AvgIpc) is 3.07. The third-order valence-electron chi connectivity index (χ3n) is 4.45. The lowest BCUT2D eigenvalue weighted by Gasteiger charge is -2.21. The van der Waals surface area contributed by atoms with Crippen LogP contribution < -0.4 is 0 Å². The molecule has 0 radical (unpaired) electrons. The number of aromatic carboxylic acids is 1. The van der Waals surface area contributed by atoms with E-state index in [4.69, 9.17) is 4.74 Å². The zero-order valence-corrected chi connectivity index (χ0v) is 15.2. The topological polar surface area (TPSA) is 68.5 Å². The lowest BCUT2D eigenvalue weighted by molar-refractivity contribution is -0.141. The molecule has 0 bridgehead atoms. The molecule has 0 unspecified atom stereocenters. The smallest absolute Gasteiger partial charge is 0.345 e. The number of esters is 1. The zero-order valence-electron chi connectivity index (χ0n) is 12.8. The van der Waals surface area contributed by atoms with Gasteiger partial charge in [-0.1, -0.05) is 19.3 Å². The van der Waals surface area contributed by atoms with Crippen LogP contribution in [0.4, 0.5) is 0 Å². The van der Waals surface area contributed by atoms with E-state index in [0.717, 1.165) is 33.2 Å². The molecule has 1 aliphatic rings. The van der Waals surface area contributed by atoms with Gasteiger partial charge < -0.3 is 14.4 Å². The molecule has 1 N–H and O–H groups in total. The third-order valence-corrected chi connectivity index (χ3v) is 6.45. The number of aromatic nitrogens is 1. The molecule has 0 spiro atoms. The lowest BCUT2D eigenvalue weighted by atomic mass is 9.85. The first-order chi connectivity index (χ1) is 11.0. The fraction of sp³-hybridized carbons (Fsp3) is 0.500. The van der Waals surface area contributed by atoms with Crippen molar-refractivity contribution in [2.24, 2.45) is 0 Å². The fourth-order valence-electron chi connectivity index (χ4n) is 3.32. The van der Waals surface area contributed by atoms with Gasteiger partial charge in [-0.3, -0.25) is 4.79 Å². The highest BCUT2D eigenvalue weighted by atomic mass is 79.9. The van der Waals surface area contributed by atoms with Crippen molar-refractivity contribution in [3.63, 3.8) is 0 Å². The van der Waals surface area contributed by atoms with E-state index in [0.29, 0.717) is 10.8 Å². The number of hydrogen-bond acceptors (Lipinski definition) is 4. The van der Waals surface area contributed by atoms with Crippen LogP contribution in [0, 0.1) is 0 Å². The minimum absolute atomic E-state index is 0.0795. The molecule has 0 amide bonds. The average molecular weight is 400 g/mol. The Kier molecular flexibility index (Phi) is 4.77. The summed E-state index contributed by atoms with van der Waals surface area (Å²) in [7, 11) is 1.36. The number of ether oxygens (including phenoxy) is 1. The summed E-state index contributed by atoms with van der Waals surface area (Å²) in [6, 6.07) is 1.66. The summed E-state index contributed by atoms with van der Waals surface area (Å²) in [4.78, 5) is 23.4. The maximum absolute atomic E-state index is 11.7. The number of nitrogens with zero attached hydrogens (tertiary/aromatic N) is 1. The summed E-state index contributed by atoms with van der Waals surface area (Å²) in [5.41, 5.74) is 1.95. The van der Waals surface area contributed by atoms with E-state index in [2.05, 4.69) is 15.9 Å². The molecular formula is C16H18BrNO4S. The summed E-state index contributed by atoms with van der Waals surface area (Å²) in [5.74, 6) is -0.859. The van der Waals surface area contributed by atoms with E-state index < -0.39 is 5.97 Å². The number of fused-ring (bicyclic) bond motifs is 1. The first-order valence-electron chi connectivity index (χ1n) is 7.64. The Balaban J connectivity index is 2.14. The van der Waals surface area contributed by atoms with Crippen molar-refractivity contribution >= 4 is 49.4 Å². The molecule has 7 heteroatoms. The Labute approximate surface area is 146 Å². The van der Waals surface area contributed by atoms with Crippen molar-refractivity contribution in [3.05, 3.63) is 21.1 Å². The maximum atomic E-state index is 11.7. The van der Waals surface area contributed by atoms with Crippen molar-refractivity contribution in [2.75, 3.05) is 7.11 Å².